The van der Waals surface area contributed by atoms with Gasteiger partial charge in [-0.1, -0.05) is 19.8 Å². The first kappa shape index (κ1) is 11.0. The molecule has 4 atom stereocenters. The van der Waals surface area contributed by atoms with Crippen LogP contribution in [0.15, 0.2) is 0 Å². The summed E-state index contributed by atoms with van der Waals surface area (Å²) in [6, 6.07) is 0. The second-order valence-corrected chi connectivity index (χ2v) is 3.89. The molecule has 3 heteroatoms. The quantitative estimate of drug-likeness (QED) is 0.696. The van der Waals surface area contributed by atoms with Gasteiger partial charge >= 0.3 is 0 Å². The second-order valence-electron chi connectivity index (χ2n) is 3.89. The molecule has 0 bridgehead atoms. The molecule has 78 valence electrons. The fraction of sp³-hybridized carbons (Fsp3) is 1.00. The third-order valence-electron chi connectivity index (χ3n) is 2.69. The lowest BCUT2D eigenvalue weighted by molar-refractivity contribution is -0.164. The molecule has 1 aliphatic heterocycles. The molecule has 3 nitrogen and oxygen atoms in total. The smallest absolute Gasteiger partial charge is 0.0839 e. The van der Waals surface area contributed by atoms with E-state index >= 15 is 0 Å². The molecular weight excluding hydrogens is 168 g/mol. The number of aliphatic hydroxyl groups is 2. The Hall–Kier alpha value is -0.120. The van der Waals surface area contributed by atoms with E-state index in [0.29, 0.717) is 6.42 Å². The van der Waals surface area contributed by atoms with Gasteiger partial charge in [0.05, 0.1) is 24.4 Å². The third kappa shape index (κ3) is 2.93. The van der Waals surface area contributed by atoms with Crippen LogP contribution < -0.4 is 0 Å². The number of hydrogen-bond acceptors (Lipinski definition) is 3. The highest BCUT2D eigenvalue weighted by atomic mass is 16.5. The number of rotatable bonds is 3. The standard InChI is InChI=1S/C10H20O3/c1-3-4-5-10-9(12)6-8(11)7(2)13-10/h7-12H,3-6H2,1-2H3/t7?,8-,9?,10+/m1/s1. The molecule has 0 spiro atoms. The Morgan fingerprint density at radius 3 is 2.62 bits per heavy atom. The van der Waals surface area contributed by atoms with Crippen LogP contribution in [0.4, 0.5) is 0 Å². The van der Waals surface area contributed by atoms with E-state index in [0.717, 1.165) is 19.3 Å². The summed E-state index contributed by atoms with van der Waals surface area (Å²) in [5.41, 5.74) is 0. The second kappa shape index (κ2) is 4.94. The molecule has 0 amide bonds. The minimum Gasteiger partial charge on any atom is -0.390 e. The van der Waals surface area contributed by atoms with Gasteiger partial charge in [0.2, 0.25) is 0 Å². The van der Waals surface area contributed by atoms with Crippen LogP contribution in [0, 0.1) is 0 Å². The molecule has 0 aliphatic carbocycles. The maximum absolute atomic E-state index is 9.60. The fourth-order valence-electron chi connectivity index (χ4n) is 1.71. The van der Waals surface area contributed by atoms with Crippen LogP contribution in [-0.4, -0.2) is 34.6 Å². The molecular formula is C10H20O3. The lowest BCUT2D eigenvalue weighted by Crippen LogP contribution is -2.45. The predicted octanol–water partition coefficient (Wildman–Crippen LogP) is 1.08. The zero-order valence-corrected chi connectivity index (χ0v) is 8.44. The minimum absolute atomic E-state index is 0.0710. The monoisotopic (exact) mass is 188 g/mol. The van der Waals surface area contributed by atoms with Crippen molar-refractivity contribution in [1.29, 1.82) is 0 Å². The van der Waals surface area contributed by atoms with Gasteiger partial charge in [0.25, 0.3) is 0 Å². The van der Waals surface area contributed by atoms with Crippen LogP contribution >= 0.6 is 0 Å². The van der Waals surface area contributed by atoms with Crippen molar-refractivity contribution < 1.29 is 14.9 Å². The van der Waals surface area contributed by atoms with Crippen LogP contribution in [0.3, 0.4) is 0 Å². The van der Waals surface area contributed by atoms with Crippen molar-refractivity contribution in [2.45, 2.75) is 63.9 Å². The SMILES string of the molecule is CCCC[C@@H]1OC(C)[C@H](O)CC1O. The van der Waals surface area contributed by atoms with Crippen molar-refractivity contribution in [1.82, 2.24) is 0 Å². The average Bonchev–Trinajstić information content (AvgIpc) is 2.09. The van der Waals surface area contributed by atoms with Crippen LogP contribution in [0.25, 0.3) is 0 Å². The Morgan fingerprint density at radius 1 is 1.31 bits per heavy atom. The molecule has 0 radical (unpaired) electrons. The summed E-state index contributed by atoms with van der Waals surface area (Å²) in [6.45, 7) is 3.98. The molecule has 1 aliphatic rings. The number of hydrogen-bond donors (Lipinski definition) is 2. The van der Waals surface area contributed by atoms with Gasteiger partial charge in [0.15, 0.2) is 0 Å². The van der Waals surface area contributed by atoms with Crippen molar-refractivity contribution in [3.8, 4) is 0 Å². The molecule has 1 fully saturated rings. The summed E-state index contributed by atoms with van der Waals surface area (Å²) in [5, 5.41) is 19.0. The van der Waals surface area contributed by atoms with Crippen LogP contribution in [0.5, 0.6) is 0 Å². The Kier molecular flexibility index (Phi) is 4.16. The molecule has 0 saturated carbocycles. The first-order valence-electron chi connectivity index (χ1n) is 5.16. The van der Waals surface area contributed by atoms with Gasteiger partial charge in [-0.3, -0.25) is 0 Å². The summed E-state index contributed by atoms with van der Waals surface area (Å²) in [6.07, 6.45) is 2.34. The summed E-state index contributed by atoms with van der Waals surface area (Å²) < 4.78 is 5.51. The largest absolute Gasteiger partial charge is 0.390 e. The van der Waals surface area contributed by atoms with Crippen LogP contribution in [0.1, 0.15) is 39.5 Å². The molecule has 0 aromatic carbocycles. The van der Waals surface area contributed by atoms with E-state index in [2.05, 4.69) is 6.92 Å². The Morgan fingerprint density at radius 2 is 2.00 bits per heavy atom. The third-order valence-corrected chi connectivity index (χ3v) is 2.69. The average molecular weight is 188 g/mol. The van der Waals surface area contributed by atoms with E-state index in [-0.39, 0.29) is 12.2 Å². The Bertz CT molecular complexity index is 149. The lowest BCUT2D eigenvalue weighted by Gasteiger charge is -2.35. The molecule has 2 unspecified atom stereocenters. The zero-order valence-electron chi connectivity index (χ0n) is 8.44. The van der Waals surface area contributed by atoms with Gasteiger partial charge in [0, 0.05) is 6.42 Å². The maximum atomic E-state index is 9.60. The van der Waals surface area contributed by atoms with E-state index in [4.69, 9.17) is 4.74 Å². The summed E-state index contributed by atoms with van der Waals surface area (Å²) in [4.78, 5) is 0. The highest BCUT2D eigenvalue weighted by Gasteiger charge is 2.32. The zero-order chi connectivity index (χ0) is 9.84. The number of unbranched alkanes of at least 4 members (excludes halogenated alkanes) is 1. The van der Waals surface area contributed by atoms with E-state index in [1.165, 1.54) is 0 Å². The summed E-state index contributed by atoms with van der Waals surface area (Å²) in [5.74, 6) is 0. The summed E-state index contributed by atoms with van der Waals surface area (Å²) in [7, 11) is 0. The van der Waals surface area contributed by atoms with E-state index < -0.39 is 12.2 Å². The first-order valence-corrected chi connectivity index (χ1v) is 5.16. The summed E-state index contributed by atoms with van der Waals surface area (Å²) >= 11 is 0. The molecule has 0 aromatic heterocycles. The van der Waals surface area contributed by atoms with Gasteiger partial charge in [0.1, 0.15) is 0 Å². The maximum Gasteiger partial charge on any atom is 0.0839 e. The van der Waals surface area contributed by atoms with E-state index in [1.807, 2.05) is 6.92 Å². The van der Waals surface area contributed by atoms with Crippen LogP contribution in [-0.2, 0) is 4.74 Å². The van der Waals surface area contributed by atoms with Crippen molar-refractivity contribution >= 4 is 0 Å². The topological polar surface area (TPSA) is 49.7 Å². The minimum atomic E-state index is -0.507. The van der Waals surface area contributed by atoms with Gasteiger partial charge in [-0.05, 0) is 13.3 Å². The predicted molar refractivity (Wildman–Crippen MR) is 50.5 cm³/mol. The van der Waals surface area contributed by atoms with Crippen molar-refractivity contribution in [2.75, 3.05) is 0 Å². The molecule has 1 rings (SSSR count). The molecule has 1 saturated heterocycles. The Balaban J connectivity index is 2.37. The van der Waals surface area contributed by atoms with Gasteiger partial charge in [-0.15, -0.1) is 0 Å². The first-order chi connectivity index (χ1) is 6.15. The molecule has 2 N–H and O–H groups in total. The van der Waals surface area contributed by atoms with Gasteiger partial charge in [-0.25, -0.2) is 0 Å². The normalized spacial score (nSPS) is 40.6. The van der Waals surface area contributed by atoms with Crippen LogP contribution in [0.2, 0.25) is 0 Å². The lowest BCUT2D eigenvalue weighted by atomic mass is 9.96. The highest BCUT2D eigenvalue weighted by Crippen LogP contribution is 2.23. The van der Waals surface area contributed by atoms with Crippen molar-refractivity contribution in [3.05, 3.63) is 0 Å². The number of aliphatic hydroxyl groups excluding tert-OH is 2. The molecule has 13 heavy (non-hydrogen) atoms. The molecule has 0 aromatic rings. The number of ether oxygens (including phenoxy) is 1. The van der Waals surface area contributed by atoms with E-state index in [1.54, 1.807) is 0 Å². The van der Waals surface area contributed by atoms with Gasteiger partial charge in [-0.2, -0.15) is 0 Å². The van der Waals surface area contributed by atoms with Crippen molar-refractivity contribution in [2.24, 2.45) is 0 Å². The van der Waals surface area contributed by atoms with Crippen molar-refractivity contribution in [3.63, 3.8) is 0 Å². The Labute approximate surface area is 79.7 Å². The molecule has 1 heterocycles. The van der Waals surface area contributed by atoms with E-state index in [9.17, 15) is 10.2 Å². The fourth-order valence-corrected chi connectivity index (χ4v) is 1.71. The highest BCUT2D eigenvalue weighted by molar-refractivity contribution is 4.82. The van der Waals surface area contributed by atoms with Gasteiger partial charge < -0.3 is 14.9 Å².